The van der Waals surface area contributed by atoms with E-state index in [4.69, 9.17) is 16.0 Å². The van der Waals surface area contributed by atoms with E-state index < -0.39 is 8.32 Å². The van der Waals surface area contributed by atoms with Gasteiger partial charge >= 0.3 is 0 Å². The Bertz CT molecular complexity index is 759. The SMILES string of the molecule is CNc1ccc(I)c2c(CCCO[Si](C)(C)C(C)(C)C)nc(Cl)cc12. The fourth-order valence-electron chi connectivity index (χ4n) is 2.55. The number of anilines is 1. The van der Waals surface area contributed by atoms with Crippen LogP contribution >= 0.6 is 34.2 Å². The van der Waals surface area contributed by atoms with E-state index in [1.807, 2.05) is 13.1 Å². The topological polar surface area (TPSA) is 34.1 Å². The van der Waals surface area contributed by atoms with Gasteiger partial charge in [0.2, 0.25) is 0 Å². The van der Waals surface area contributed by atoms with E-state index in [0.29, 0.717) is 5.15 Å². The van der Waals surface area contributed by atoms with Gasteiger partial charge < -0.3 is 9.74 Å². The third kappa shape index (κ3) is 4.87. The van der Waals surface area contributed by atoms with Crippen molar-refractivity contribution in [1.29, 1.82) is 0 Å². The average Bonchev–Trinajstić information content (AvgIpc) is 2.50. The maximum atomic E-state index is 6.30. The van der Waals surface area contributed by atoms with Crippen LogP contribution in [0, 0.1) is 3.57 Å². The Morgan fingerprint density at radius 1 is 1.28 bits per heavy atom. The van der Waals surface area contributed by atoms with Gasteiger partial charge in [0.1, 0.15) is 5.15 Å². The molecule has 1 aromatic carbocycles. The zero-order chi connectivity index (χ0) is 18.8. The molecule has 1 aromatic heterocycles. The molecular weight excluding hydrogens is 463 g/mol. The molecule has 1 heterocycles. The van der Waals surface area contributed by atoms with Crippen molar-refractivity contribution in [3.8, 4) is 0 Å². The Hall–Kier alpha value is -0.373. The Kier molecular flexibility index (Phi) is 6.79. The van der Waals surface area contributed by atoms with Crippen molar-refractivity contribution in [3.05, 3.63) is 32.6 Å². The number of nitrogens with zero attached hydrogens (tertiary/aromatic N) is 1. The summed E-state index contributed by atoms with van der Waals surface area (Å²) in [5.74, 6) is 0. The molecule has 0 saturated carbocycles. The highest BCUT2D eigenvalue weighted by Gasteiger charge is 2.36. The van der Waals surface area contributed by atoms with Crippen LogP contribution in [0.1, 0.15) is 32.9 Å². The van der Waals surface area contributed by atoms with Gasteiger partial charge in [-0.15, -0.1) is 0 Å². The summed E-state index contributed by atoms with van der Waals surface area (Å²) >= 11 is 8.66. The molecule has 0 atom stereocenters. The number of hydrogen-bond donors (Lipinski definition) is 1. The van der Waals surface area contributed by atoms with E-state index in [2.05, 4.69) is 78.9 Å². The molecule has 0 aliphatic carbocycles. The first-order chi connectivity index (χ1) is 11.6. The third-order valence-corrected chi connectivity index (χ3v) is 10.7. The van der Waals surface area contributed by atoms with Crippen molar-refractivity contribution >= 4 is 59.0 Å². The molecule has 0 radical (unpaired) electrons. The van der Waals surface area contributed by atoms with Gasteiger partial charge in [-0.05, 0) is 71.8 Å². The van der Waals surface area contributed by atoms with Crippen LogP contribution in [0.4, 0.5) is 5.69 Å². The second-order valence-corrected chi connectivity index (χ2v) is 14.2. The van der Waals surface area contributed by atoms with Crippen molar-refractivity contribution in [3.63, 3.8) is 0 Å². The summed E-state index contributed by atoms with van der Waals surface area (Å²) in [7, 11) is 0.242. The van der Waals surface area contributed by atoms with Gasteiger partial charge in [0, 0.05) is 33.7 Å². The smallest absolute Gasteiger partial charge is 0.191 e. The van der Waals surface area contributed by atoms with Crippen molar-refractivity contribution in [2.75, 3.05) is 19.0 Å². The second-order valence-electron chi connectivity index (χ2n) is 7.87. The lowest BCUT2D eigenvalue weighted by atomic mass is 10.1. The molecule has 0 unspecified atom stereocenters. The van der Waals surface area contributed by atoms with Gasteiger partial charge in [0.15, 0.2) is 8.32 Å². The minimum absolute atomic E-state index is 0.241. The van der Waals surface area contributed by atoms with E-state index >= 15 is 0 Å². The number of halogens is 2. The van der Waals surface area contributed by atoms with Gasteiger partial charge in [-0.25, -0.2) is 4.98 Å². The highest BCUT2D eigenvalue weighted by Crippen LogP contribution is 2.37. The van der Waals surface area contributed by atoms with Crippen LogP contribution in [0.25, 0.3) is 10.8 Å². The first kappa shape index (κ1) is 20.9. The zero-order valence-corrected chi connectivity index (χ0v) is 19.9. The lowest BCUT2D eigenvalue weighted by molar-refractivity contribution is 0.282. The summed E-state index contributed by atoms with van der Waals surface area (Å²) in [4.78, 5) is 4.61. The van der Waals surface area contributed by atoms with E-state index in [1.165, 1.54) is 8.96 Å². The molecule has 3 nitrogen and oxygen atoms in total. The van der Waals surface area contributed by atoms with Crippen LogP contribution in [0.5, 0.6) is 0 Å². The Morgan fingerprint density at radius 2 is 1.96 bits per heavy atom. The van der Waals surface area contributed by atoms with Crippen LogP contribution in [0.2, 0.25) is 23.3 Å². The van der Waals surface area contributed by atoms with Crippen LogP contribution in [0.15, 0.2) is 18.2 Å². The molecule has 0 fully saturated rings. The molecule has 0 aliphatic rings. The number of benzene rings is 1. The molecule has 2 aromatic rings. The van der Waals surface area contributed by atoms with Gasteiger partial charge in [-0.2, -0.15) is 0 Å². The third-order valence-electron chi connectivity index (χ3n) is 5.08. The number of nitrogens with one attached hydrogen (secondary N) is 1. The van der Waals surface area contributed by atoms with Gasteiger partial charge in [0.05, 0.1) is 5.69 Å². The molecule has 25 heavy (non-hydrogen) atoms. The number of pyridine rings is 1. The van der Waals surface area contributed by atoms with E-state index in [1.54, 1.807) is 0 Å². The van der Waals surface area contributed by atoms with Gasteiger partial charge in [-0.3, -0.25) is 0 Å². The summed E-state index contributed by atoms with van der Waals surface area (Å²) < 4.78 is 7.50. The fourth-order valence-corrected chi connectivity index (χ4v) is 4.64. The largest absolute Gasteiger partial charge is 0.417 e. The molecular formula is C19H28ClIN2OSi. The number of fused-ring (bicyclic) bond motifs is 1. The molecule has 0 spiro atoms. The lowest BCUT2D eigenvalue weighted by Crippen LogP contribution is -2.41. The number of hydrogen-bond acceptors (Lipinski definition) is 3. The molecule has 6 heteroatoms. The van der Waals surface area contributed by atoms with E-state index in [-0.39, 0.29) is 5.04 Å². The number of aryl methyl sites for hydroxylation is 1. The Morgan fingerprint density at radius 3 is 2.56 bits per heavy atom. The molecule has 138 valence electrons. The first-order valence-electron chi connectivity index (χ1n) is 8.66. The normalized spacial score (nSPS) is 12.6. The predicted octanol–water partition coefficient (Wildman–Crippen LogP) is 6.49. The minimum Gasteiger partial charge on any atom is -0.417 e. The summed E-state index contributed by atoms with van der Waals surface area (Å²) in [6.45, 7) is 12.2. The molecule has 0 amide bonds. The maximum Gasteiger partial charge on any atom is 0.191 e. The lowest BCUT2D eigenvalue weighted by Gasteiger charge is -2.36. The highest BCUT2D eigenvalue weighted by molar-refractivity contribution is 14.1. The standard InChI is InChI=1S/C19H28ClIN2OSi/c1-19(2,3)25(5,6)24-11-7-8-16-18-13(12-17(20)23-16)15(22-4)10-9-14(18)21/h9-10,12,22H,7-8,11H2,1-6H3. The maximum absolute atomic E-state index is 6.30. The van der Waals surface area contributed by atoms with Crippen LogP contribution in [-0.4, -0.2) is 27.0 Å². The molecule has 1 N–H and O–H groups in total. The molecule has 0 saturated heterocycles. The summed E-state index contributed by atoms with van der Waals surface area (Å²) in [5, 5.41) is 6.37. The summed E-state index contributed by atoms with van der Waals surface area (Å²) in [5.41, 5.74) is 2.14. The monoisotopic (exact) mass is 490 g/mol. The molecule has 0 aliphatic heterocycles. The highest BCUT2D eigenvalue weighted by atomic mass is 127. The van der Waals surface area contributed by atoms with Crippen molar-refractivity contribution in [1.82, 2.24) is 4.98 Å². The Balaban J connectivity index is 2.19. The van der Waals surface area contributed by atoms with Crippen molar-refractivity contribution < 1.29 is 4.43 Å². The molecule has 2 rings (SSSR count). The Labute approximate surface area is 171 Å². The van der Waals surface area contributed by atoms with Crippen LogP contribution in [-0.2, 0) is 10.8 Å². The van der Waals surface area contributed by atoms with Gasteiger partial charge in [0.25, 0.3) is 0 Å². The summed E-state index contributed by atoms with van der Waals surface area (Å²) in [6, 6.07) is 6.16. The summed E-state index contributed by atoms with van der Waals surface area (Å²) in [6.07, 6.45) is 1.82. The van der Waals surface area contributed by atoms with Gasteiger partial charge in [-0.1, -0.05) is 32.4 Å². The van der Waals surface area contributed by atoms with E-state index in [9.17, 15) is 0 Å². The van der Waals surface area contributed by atoms with Crippen molar-refractivity contribution in [2.24, 2.45) is 0 Å². The quantitative estimate of drug-likeness (QED) is 0.217. The first-order valence-corrected chi connectivity index (χ1v) is 13.0. The average molecular weight is 491 g/mol. The number of aromatic nitrogens is 1. The van der Waals surface area contributed by atoms with Crippen LogP contribution < -0.4 is 5.32 Å². The zero-order valence-electron chi connectivity index (χ0n) is 16.0. The predicted molar refractivity (Wildman–Crippen MR) is 120 cm³/mol. The molecule has 0 bridgehead atoms. The van der Waals surface area contributed by atoms with Crippen LogP contribution in [0.3, 0.4) is 0 Å². The van der Waals surface area contributed by atoms with E-state index in [0.717, 1.165) is 36.2 Å². The fraction of sp³-hybridized carbons (Fsp3) is 0.526. The number of rotatable bonds is 6. The minimum atomic E-state index is -1.69. The second kappa shape index (κ2) is 8.11. The van der Waals surface area contributed by atoms with Crippen molar-refractivity contribution in [2.45, 2.75) is 51.7 Å².